The third kappa shape index (κ3) is 4.71. The Balaban J connectivity index is 1.66. The SMILES string of the molecule is CS(=O)(=O)OC[C@H]1CN(c2ccc(C3CCN(C(=O)O)CC3)c(F)c2)C(=O)O1. The average molecular weight is 416 g/mol. The minimum Gasteiger partial charge on any atom is -0.465 e. The molecule has 2 saturated heterocycles. The van der Waals surface area contributed by atoms with E-state index in [9.17, 15) is 22.4 Å². The van der Waals surface area contributed by atoms with E-state index in [1.54, 1.807) is 12.1 Å². The lowest BCUT2D eigenvalue weighted by molar-refractivity contribution is 0.107. The zero-order valence-corrected chi connectivity index (χ0v) is 16.0. The van der Waals surface area contributed by atoms with E-state index >= 15 is 0 Å². The summed E-state index contributed by atoms with van der Waals surface area (Å²) in [5.74, 6) is -0.569. The Morgan fingerprint density at radius 3 is 2.61 bits per heavy atom. The molecule has 0 radical (unpaired) electrons. The predicted molar refractivity (Wildman–Crippen MR) is 96.4 cm³/mol. The molecule has 1 N–H and O–H groups in total. The molecule has 0 bridgehead atoms. The van der Waals surface area contributed by atoms with Crippen molar-refractivity contribution in [2.45, 2.75) is 24.9 Å². The molecule has 154 valence electrons. The second-order valence-corrected chi connectivity index (χ2v) is 8.50. The molecule has 1 atom stereocenters. The first-order valence-corrected chi connectivity index (χ1v) is 10.6. The monoisotopic (exact) mass is 416 g/mol. The minimum absolute atomic E-state index is 0.0458. The molecule has 9 nitrogen and oxygen atoms in total. The number of carbonyl (C=O) groups excluding carboxylic acids is 1. The number of hydrogen-bond acceptors (Lipinski definition) is 6. The maximum absolute atomic E-state index is 14.7. The Morgan fingerprint density at radius 2 is 2.04 bits per heavy atom. The number of likely N-dealkylation sites (tertiary alicyclic amines) is 1. The van der Waals surface area contributed by atoms with Gasteiger partial charge in [-0.1, -0.05) is 6.07 Å². The van der Waals surface area contributed by atoms with E-state index in [1.165, 1.54) is 15.9 Å². The standard InChI is InChI=1S/C17H21FN2O7S/c1-28(24,25)26-10-13-9-20(17(23)27-13)12-2-3-14(15(18)8-12)11-4-6-19(7-5-11)16(21)22/h2-3,8,11,13H,4-7,9-10H2,1H3,(H,21,22)/t13-/m1/s1. The number of carboxylic acid groups (broad SMARTS) is 1. The highest BCUT2D eigenvalue weighted by Crippen LogP contribution is 2.32. The summed E-state index contributed by atoms with van der Waals surface area (Å²) in [6, 6.07) is 4.43. The molecule has 3 rings (SSSR count). The summed E-state index contributed by atoms with van der Waals surface area (Å²) in [5, 5.41) is 9.00. The van der Waals surface area contributed by atoms with Gasteiger partial charge in [0.2, 0.25) is 0 Å². The van der Waals surface area contributed by atoms with Gasteiger partial charge in [0, 0.05) is 13.1 Å². The number of ether oxygens (including phenoxy) is 1. The number of carbonyl (C=O) groups is 2. The summed E-state index contributed by atoms with van der Waals surface area (Å²) < 4.78 is 46.5. The Morgan fingerprint density at radius 1 is 1.36 bits per heavy atom. The van der Waals surface area contributed by atoms with Crippen LogP contribution in [0.4, 0.5) is 19.7 Å². The Hall–Kier alpha value is -2.40. The number of hydrogen-bond donors (Lipinski definition) is 1. The van der Waals surface area contributed by atoms with Crippen molar-refractivity contribution in [2.75, 3.05) is 37.4 Å². The number of cyclic esters (lactones) is 1. The quantitative estimate of drug-likeness (QED) is 0.730. The van der Waals surface area contributed by atoms with Crippen molar-refractivity contribution in [3.63, 3.8) is 0 Å². The molecular weight excluding hydrogens is 395 g/mol. The highest BCUT2D eigenvalue weighted by Gasteiger charge is 2.34. The third-order valence-electron chi connectivity index (χ3n) is 4.84. The van der Waals surface area contributed by atoms with Crippen LogP contribution in [0.15, 0.2) is 18.2 Å². The molecule has 2 aliphatic rings. The van der Waals surface area contributed by atoms with Gasteiger partial charge < -0.3 is 14.7 Å². The summed E-state index contributed by atoms with van der Waals surface area (Å²) in [7, 11) is -3.66. The zero-order valence-electron chi connectivity index (χ0n) is 15.2. The van der Waals surface area contributed by atoms with Crippen LogP contribution in [0.5, 0.6) is 0 Å². The van der Waals surface area contributed by atoms with Crippen molar-refractivity contribution in [1.82, 2.24) is 4.90 Å². The van der Waals surface area contributed by atoms with Gasteiger partial charge in [-0.05, 0) is 36.5 Å². The van der Waals surface area contributed by atoms with Gasteiger partial charge in [0.25, 0.3) is 10.1 Å². The number of halogens is 1. The van der Waals surface area contributed by atoms with E-state index in [-0.39, 0.29) is 19.1 Å². The second kappa shape index (κ2) is 7.92. The van der Waals surface area contributed by atoms with E-state index in [2.05, 4.69) is 4.18 Å². The molecule has 2 heterocycles. The van der Waals surface area contributed by atoms with Crippen LogP contribution in [0.3, 0.4) is 0 Å². The summed E-state index contributed by atoms with van der Waals surface area (Å²) >= 11 is 0. The van der Waals surface area contributed by atoms with Gasteiger partial charge in [-0.2, -0.15) is 8.42 Å². The maximum atomic E-state index is 14.7. The number of amides is 2. The molecule has 2 amide bonds. The number of nitrogens with zero attached hydrogens (tertiary/aromatic N) is 2. The molecule has 0 aromatic heterocycles. The highest BCUT2D eigenvalue weighted by molar-refractivity contribution is 7.85. The summed E-state index contributed by atoms with van der Waals surface area (Å²) in [5.41, 5.74) is 0.786. The van der Waals surface area contributed by atoms with Crippen LogP contribution >= 0.6 is 0 Å². The Kier molecular flexibility index (Phi) is 5.75. The first-order chi connectivity index (χ1) is 13.1. The van der Waals surface area contributed by atoms with E-state index in [4.69, 9.17) is 9.84 Å². The van der Waals surface area contributed by atoms with E-state index < -0.39 is 34.2 Å². The van der Waals surface area contributed by atoms with Gasteiger partial charge in [-0.15, -0.1) is 0 Å². The van der Waals surface area contributed by atoms with Gasteiger partial charge in [-0.25, -0.2) is 14.0 Å². The fraction of sp³-hybridized carbons (Fsp3) is 0.529. The fourth-order valence-electron chi connectivity index (χ4n) is 3.42. The molecule has 0 unspecified atom stereocenters. The van der Waals surface area contributed by atoms with E-state index in [1.807, 2.05) is 0 Å². The molecule has 28 heavy (non-hydrogen) atoms. The third-order valence-corrected chi connectivity index (χ3v) is 5.41. The van der Waals surface area contributed by atoms with Crippen LogP contribution in [0.2, 0.25) is 0 Å². The number of anilines is 1. The smallest absolute Gasteiger partial charge is 0.414 e. The summed E-state index contributed by atoms with van der Waals surface area (Å²) in [6.07, 6.45) is -0.500. The fourth-order valence-corrected chi connectivity index (χ4v) is 3.81. The Labute approximate surface area is 161 Å². The van der Waals surface area contributed by atoms with Gasteiger partial charge in [0.05, 0.1) is 18.5 Å². The number of rotatable bonds is 5. The topological polar surface area (TPSA) is 113 Å². The van der Waals surface area contributed by atoms with Crippen LogP contribution in [-0.2, 0) is 19.0 Å². The zero-order chi connectivity index (χ0) is 20.5. The largest absolute Gasteiger partial charge is 0.465 e. The van der Waals surface area contributed by atoms with Crippen molar-refractivity contribution in [3.05, 3.63) is 29.6 Å². The van der Waals surface area contributed by atoms with Crippen molar-refractivity contribution in [1.29, 1.82) is 0 Å². The number of benzene rings is 1. The van der Waals surface area contributed by atoms with Gasteiger partial charge >= 0.3 is 12.2 Å². The van der Waals surface area contributed by atoms with Crippen LogP contribution in [0, 0.1) is 5.82 Å². The summed E-state index contributed by atoms with van der Waals surface area (Å²) in [6.45, 7) is 0.442. The molecule has 1 aromatic rings. The molecule has 0 aliphatic carbocycles. The maximum Gasteiger partial charge on any atom is 0.414 e. The first kappa shape index (κ1) is 20.3. The van der Waals surface area contributed by atoms with Gasteiger partial charge in [0.1, 0.15) is 18.5 Å². The van der Waals surface area contributed by atoms with Crippen LogP contribution in [-0.4, -0.2) is 69.2 Å². The van der Waals surface area contributed by atoms with Gasteiger partial charge in [0.15, 0.2) is 0 Å². The van der Waals surface area contributed by atoms with Crippen LogP contribution in [0.25, 0.3) is 0 Å². The number of piperidine rings is 1. The second-order valence-electron chi connectivity index (χ2n) is 6.85. The van der Waals surface area contributed by atoms with Crippen molar-refractivity contribution in [2.24, 2.45) is 0 Å². The van der Waals surface area contributed by atoms with Crippen molar-refractivity contribution < 1.29 is 36.4 Å². The van der Waals surface area contributed by atoms with Crippen molar-refractivity contribution in [3.8, 4) is 0 Å². The molecule has 2 aliphatic heterocycles. The van der Waals surface area contributed by atoms with E-state index in [0.29, 0.717) is 37.2 Å². The average Bonchev–Trinajstić information content (AvgIpc) is 3.00. The van der Waals surface area contributed by atoms with Crippen LogP contribution in [0.1, 0.15) is 24.3 Å². The van der Waals surface area contributed by atoms with Crippen molar-refractivity contribution >= 4 is 28.0 Å². The molecule has 0 saturated carbocycles. The minimum atomic E-state index is -3.66. The highest BCUT2D eigenvalue weighted by atomic mass is 32.2. The molecule has 0 spiro atoms. The predicted octanol–water partition coefficient (Wildman–Crippen LogP) is 1.98. The first-order valence-electron chi connectivity index (χ1n) is 8.74. The lowest BCUT2D eigenvalue weighted by atomic mass is 9.89. The van der Waals surface area contributed by atoms with Crippen LogP contribution < -0.4 is 4.90 Å². The van der Waals surface area contributed by atoms with E-state index in [0.717, 1.165) is 6.26 Å². The lowest BCUT2D eigenvalue weighted by Crippen LogP contribution is -2.37. The Bertz CT molecular complexity index is 868. The molecule has 2 fully saturated rings. The summed E-state index contributed by atoms with van der Waals surface area (Å²) in [4.78, 5) is 25.5. The molecule has 11 heteroatoms. The lowest BCUT2D eigenvalue weighted by Gasteiger charge is -2.30. The van der Waals surface area contributed by atoms with Gasteiger partial charge in [-0.3, -0.25) is 9.08 Å². The molecule has 1 aromatic carbocycles. The molecular formula is C17H21FN2O7S. The normalized spacial score (nSPS) is 21.1.